The molecule has 5 nitrogen and oxygen atoms in total. The summed E-state index contributed by atoms with van der Waals surface area (Å²) in [6, 6.07) is 5.15. The number of hydrogen-bond acceptors (Lipinski definition) is 4. The molecule has 0 aliphatic rings. The van der Waals surface area contributed by atoms with Gasteiger partial charge in [0.25, 0.3) is 0 Å². The van der Waals surface area contributed by atoms with Gasteiger partial charge >= 0.3 is 5.69 Å². The third kappa shape index (κ3) is 3.61. The van der Waals surface area contributed by atoms with Crippen molar-refractivity contribution in [3.8, 4) is 5.75 Å². The van der Waals surface area contributed by atoms with Gasteiger partial charge in [0.2, 0.25) is 0 Å². The standard InChI is InChI=1S/C13H20N2O3/c1-5-18-13-8-11(14-10(4)9(2)3)6-7-12(13)15(16)17/h6-10,14H,5H2,1-4H3. The van der Waals surface area contributed by atoms with Gasteiger partial charge in [-0.25, -0.2) is 0 Å². The number of anilines is 1. The van der Waals surface area contributed by atoms with Crippen molar-refractivity contribution in [2.24, 2.45) is 5.92 Å². The summed E-state index contributed by atoms with van der Waals surface area (Å²) in [6.45, 7) is 8.52. The fraction of sp³-hybridized carbons (Fsp3) is 0.538. The van der Waals surface area contributed by atoms with Gasteiger partial charge in [0.1, 0.15) is 0 Å². The van der Waals surface area contributed by atoms with E-state index in [1.165, 1.54) is 6.07 Å². The lowest BCUT2D eigenvalue weighted by Gasteiger charge is -2.19. The summed E-state index contributed by atoms with van der Waals surface area (Å²) in [5.41, 5.74) is 0.838. The summed E-state index contributed by atoms with van der Waals surface area (Å²) in [5, 5.41) is 14.1. The van der Waals surface area contributed by atoms with Crippen LogP contribution in [0.25, 0.3) is 0 Å². The zero-order valence-corrected chi connectivity index (χ0v) is 11.3. The number of hydrogen-bond donors (Lipinski definition) is 1. The molecular weight excluding hydrogens is 232 g/mol. The molecule has 0 spiro atoms. The van der Waals surface area contributed by atoms with E-state index in [1.807, 2.05) is 0 Å². The SMILES string of the molecule is CCOc1cc(NC(C)C(C)C)ccc1[N+](=O)[O-]. The zero-order valence-electron chi connectivity index (χ0n) is 11.3. The van der Waals surface area contributed by atoms with Crippen LogP contribution < -0.4 is 10.1 Å². The van der Waals surface area contributed by atoms with Crippen molar-refractivity contribution in [2.45, 2.75) is 33.7 Å². The summed E-state index contributed by atoms with van der Waals surface area (Å²) in [5.74, 6) is 0.791. The number of nitrogens with zero attached hydrogens (tertiary/aromatic N) is 1. The summed E-state index contributed by atoms with van der Waals surface area (Å²) in [4.78, 5) is 10.4. The highest BCUT2D eigenvalue weighted by Crippen LogP contribution is 2.30. The van der Waals surface area contributed by atoms with E-state index < -0.39 is 4.92 Å². The lowest BCUT2D eigenvalue weighted by Crippen LogP contribution is -2.21. The van der Waals surface area contributed by atoms with Gasteiger partial charge in [-0.2, -0.15) is 0 Å². The third-order valence-electron chi connectivity index (χ3n) is 2.85. The molecule has 0 aromatic heterocycles. The smallest absolute Gasteiger partial charge is 0.311 e. The fourth-order valence-corrected chi connectivity index (χ4v) is 1.46. The maximum atomic E-state index is 10.8. The van der Waals surface area contributed by atoms with Gasteiger partial charge in [-0.05, 0) is 25.8 Å². The summed E-state index contributed by atoms with van der Waals surface area (Å²) >= 11 is 0. The van der Waals surface area contributed by atoms with Crippen molar-refractivity contribution in [1.29, 1.82) is 0 Å². The molecule has 1 aromatic carbocycles. The van der Waals surface area contributed by atoms with Gasteiger partial charge in [-0.3, -0.25) is 10.1 Å². The molecule has 1 atom stereocenters. The Bertz CT molecular complexity index is 419. The molecule has 5 heteroatoms. The number of ether oxygens (including phenoxy) is 1. The first kappa shape index (κ1) is 14.3. The van der Waals surface area contributed by atoms with Crippen molar-refractivity contribution in [3.63, 3.8) is 0 Å². The first-order chi connectivity index (χ1) is 8.45. The molecule has 0 saturated carbocycles. The first-order valence-electron chi connectivity index (χ1n) is 6.13. The molecule has 1 unspecified atom stereocenters. The Morgan fingerprint density at radius 3 is 2.56 bits per heavy atom. The highest BCUT2D eigenvalue weighted by molar-refractivity contribution is 5.58. The van der Waals surface area contributed by atoms with Crippen LogP contribution in [0.5, 0.6) is 5.75 Å². The molecule has 0 fully saturated rings. The summed E-state index contributed by atoms with van der Waals surface area (Å²) in [7, 11) is 0. The molecule has 1 aromatic rings. The quantitative estimate of drug-likeness (QED) is 0.622. The van der Waals surface area contributed by atoms with Crippen LogP contribution in [0.2, 0.25) is 0 Å². The van der Waals surface area contributed by atoms with Crippen molar-refractivity contribution < 1.29 is 9.66 Å². The van der Waals surface area contributed by atoms with Gasteiger partial charge in [-0.15, -0.1) is 0 Å². The minimum Gasteiger partial charge on any atom is -0.487 e. The Morgan fingerprint density at radius 1 is 1.39 bits per heavy atom. The van der Waals surface area contributed by atoms with Crippen LogP contribution in [0.15, 0.2) is 18.2 Å². The molecular formula is C13H20N2O3. The Kier molecular flexibility index (Phi) is 4.95. The Hall–Kier alpha value is -1.78. The molecule has 1 rings (SSSR count). The normalized spacial score (nSPS) is 12.3. The lowest BCUT2D eigenvalue weighted by molar-refractivity contribution is -0.385. The largest absolute Gasteiger partial charge is 0.487 e. The average molecular weight is 252 g/mol. The Morgan fingerprint density at radius 2 is 2.06 bits per heavy atom. The van der Waals surface area contributed by atoms with Crippen molar-refractivity contribution in [2.75, 3.05) is 11.9 Å². The number of nitrogens with one attached hydrogen (secondary N) is 1. The maximum Gasteiger partial charge on any atom is 0.311 e. The van der Waals surface area contributed by atoms with E-state index in [-0.39, 0.29) is 5.69 Å². The van der Waals surface area contributed by atoms with Gasteiger partial charge in [-0.1, -0.05) is 13.8 Å². The van der Waals surface area contributed by atoms with Crippen LogP contribution in [0.1, 0.15) is 27.7 Å². The van der Waals surface area contributed by atoms with Crippen LogP contribution in [-0.2, 0) is 0 Å². The van der Waals surface area contributed by atoms with E-state index in [0.29, 0.717) is 24.3 Å². The minimum atomic E-state index is -0.430. The van der Waals surface area contributed by atoms with Crippen molar-refractivity contribution in [1.82, 2.24) is 0 Å². The highest BCUT2D eigenvalue weighted by Gasteiger charge is 2.16. The molecule has 18 heavy (non-hydrogen) atoms. The molecule has 0 aliphatic heterocycles. The number of nitro groups is 1. The molecule has 0 radical (unpaired) electrons. The van der Waals surface area contributed by atoms with Crippen LogP contribution in [0.4, 0.5) is 11.4 Å². The van der Waals surface area contributed by atoms with Crippen molar-refractivity contribution in [3.05, 3.63) is 28.3 Å². The highest BCUT2D eigenvalue weighted by atomic mass is 16.6. The predicted molar refractivity (Wildman–Crippen MR) is 72.2 cm³/mol. The zero-order chi connectivity index (χ0) is 13.7. The Balaban J connectivity index is 2.96. The minimum absolute atomic E-state index is 0.000370. The van der Waals surface area contributed by atoms with E-state index in [4.69, 9.17) is 4.74 Å². The van der Waals surface area contributed by atoms with Crippen LogP contribution in [-0.4, -0.2) is 17.6 Å². The summed E-state index contributed by atoms with van der Waals surface area (Å²) in [6.07, 6.45) is 0. The van der Waals surface area contributed by atoms with E-state index in [2.05, 4.69) is 26.1 Å². The number of nitro benzene ring substituents is 1. The number of rotatable bonds is 6. The molecule has 0 heterocycles. The molecule has 1 N–H and O–H groups in total. The maximum absolute atomic E-state index is 10.8. The topological polar surface area (TPSA) is 64.4 Å². The second-order valence-corrected chi connectivity index (χ2v) is 4.55. The molecule has 0 amide bonds. The predicted octanol–water partition coefficient (Wildman–Crippen LogP) is 3.45. The van der Waals surface area contributed by atoms with E-state index >= 15 is 0 Å². The van der Waals surface area contributed by atoms with Gasteiger partial charge in [0.15, 0.2) is 5.75 Å². The monoisotopic (exact) mass is 252 g/mol. The first-order valence-corrected chi connectivity index (χ1v) is 6.13. The average Bonchev–Trinajstić information content (AvgIpc) is 2.29. The molecule has 100 valence electrons. The lowest BCUT2D eigenvalue weighted by atomic mass is 10.1. The van der Waals surface area contributed by atoms with E-state index in [9.17, 15) is 10.1 Å². The molecule has 0 saturated heterocycles. The van der Waals surface area contributed by atoms with Crippen LogP contribution >= 0.6 is 0 Å². The van der Waals surface area contributed by atoms with Crippen molar-refractivity contribution >= 4 is 11.4 Å². The Labute approximate surface area is 107 Å². The molecule has 0 bridgehead atoms. The second kappa shape index (κ2) is 6.23. The van der Waals surface area contributed by atoms with Crippen LogP contribution in [0, 0.1) is 16.0 Å². The summed E-state index contributed by atoms with van der Waals surface area (Å²) < 4.78 is 5.30. The van der Waals surface area contributed by atoms with E-state index in [1.54, 1.807) is 19.1 Å². The van der Waals surface area contributed by atoms with Gasteiger partial charge < -0.3 is 10.1 Å². The van der Waals surface area contributed by atoms with Crippen LogP contribution in [0.3, 0.4) is 0 Å². The van der Waals surface area contributed by atoms with Gasteiger partial charge in [0.05, 0.1) is 11.5 Å². The fourth-order valence-electron chi connectivity index (χ4n) is 1.46. The third-order valence-corrected chi connectivity index (χ3v) is 2.85. The number of benzene rings is 1. The van der Waals surface area contributed by atoms with E-state index in [0.717, 1.165) is 5.69 Å². The second-order valence-electron chi connectivity index (χ2n) is 4.55. The van der Waals surface area contributed by atoms with Gasteiger partial charge in [0, 0.05) is 23.9 Å². The molecule has 0 aliphatic carbocycles.